The zero-order valence-corrected chi connectivity index (χ0v) is 15.6. The highest BCUT2D eigenvalue weighted by Crippen LogP contribution is 2.40. The van der Waals surface area contributed by atoms with Gasteiger partial charge < -0.3 is 15.1 Å². The molecule has 8 heteroatoms. The minimum Gasteiger partial charge on any atom is -0.483 e. The van der Waals surface area contributed by atoms with Crippen LogP contribution in [0.2, 0.25) is 0 Å². The summed E-state index contributed by atoms with van der Waals surface area (Å²) in [6, 6.07) is 1.98. The van der Waals surface area contributed by atoms with Gasteiger partial charge in [0, 0.05) is 38.6 Å². The standard InChI is InChI=1S/C17H28N4O2.CH2O2/c1-3-20(4-2)17(23)12-19-10-13-8-15(21-7-5-6-18-21)16(22)9-14(13)11-19;2-1-3/h5-7,13-16,22H,3-4,8-12H2,1-2H3;1H,(H,2,3)/t13-,14+,15-,16-;/m1./s1. The fourth-order valence-corrected chi connectivity index (χ4v) is 4.26. The molecular weight excluding hydrogens is 336 g/mol. The molecule has 1 saturated carbocycles. The Morgan fingerprint density at radius 2 is 1.88 bits per heavy atom. The fraction of sp³-hybridized carbons (Fsp3) is 0.722. The molecule has 8 nitrogen and oxygen atoms in total. The Morgan fingerprint density at radius 3 is 2.42 bits per heavy atom. The van der Waals surface area contributed by atoms with Crippen LogP contribution >= 0.6 is 0 Å². The summed E-state index contributed by atoms with van der Waals surface area (Å²) in [6.45, 7) is 7.75. The van der Waals surface area contributed by atoms with E-state index in [1.165, 1.54) is 0 Å². The maximum absolute atomic E-state index is 12.3. The molecule has 2 fully saturated rings. The third-order valence-electron chi connectivity index (χ3n) is 5.52. The molecule has 1 amide bonds. The van der Waals surface area contributed by atoms with Crippen molar-refractivity contribution in [1.82, 2.24) is 19.6 Å². The number of nitrogens with zero attached hydrogens (tertiary/aromatic N) is 4. The molecule has 3 rings (SSSR count). The molecule has 2 aliphatic rings. The summed E-state index contributed by atoms with van der Waals surface area (Å²) in [6.07, 6.45) is 5.12. The first-order valence-electron chi connectivity index (χ1n) is 9.29. The van der Waals surface area contributed by atoms with Crippen LogP contribution in [0.4, 0.5) is 0 Å². The van der Waals surface area contributed by atoms with E-state index in [2.05, 4.69) is 10.00 Å². The van der Waals surface area contributed by atoms with Gasteiger partial charge in [-0.15, -0.1) is 0 Å². The Hall–Kier alpha value is -1.93. The van der Waals surface area contributed by atoms with Crippen molar-refractivity contribution < 1.29 is 19.8 Å². The number of aliphatic hydroxyl groups is 1. The van der Waals surface area contributed by atoms with Crippen LogP contribution in [0, 0.1) is 11.8 Å². The molecule has 1 saturated heterocycles. The van der Waals surface area contributed by atoms with Crippen LogP contribution in [-0.4, -0.2) is 81.0 Å². The number of rotatable bonds is 5. The van der Waals surface area contributed by atoms with Crippen LogP contribution in [0.1, 0.15) is 32.7 Å². The predicted octanol–water partition coefficient (Wildman–Crippen LogP) is 0.696. The molecule has 146 valence electrons. The van der Waals surface area contributed by atoms with E-state index < -0.39 is 0 Å². The third kappa shape index (κ3) is 4.82. The largest absolute Gasteiger partial charge is 0.483 e. The van der Waals surface area contributed by atoms with Gasteiger partial charge in [0.05, 0.1) is 18.7 Å². The quantitative estimate of drug-likeness (QED) is 0.744. The SMILES string of the molecule is CCN(CC)C(=O)CN1C[C@H]2C[C@@H](n3cccn3)[C@H](O)C[C@H]2C1.O=CO. The maximum Gasteiger partial charge on any atom is 0.290 e. The molecule has 0 unspecified atom stereocenters. The lowest BCUT2D eigenvalue weighted by Gasteiger charge is -2.35. The molecular formula is C18H30N4O4. The number of carbonyl (C=O) groups is 2. The van der Waals surface area contributed by atoms with Crippen molar-refractivity contribution in [3.8, 4) is 0 Å². The van der Waals surface area contributed by atoms with Crippen molar-refractivity contribution >= 4 is 12.4 Å². The number of hydrogen-bond donors (Lipinski definition) is 2. The van der Waals surface area contributed by atoms with Crippen molar-refractivity contribution in [2.24, 2.45) is 11.8 Å². The van der Waals surface area contributed by atoms with Gasteiger partial charge in [0.15, 0.2) is 0 Å². The van der Waals surface area contributed by atoms with Crippen LogP contribution in [0.15, 0.2) is 18.5 Å². The van der Waals surface area contributed by atoms with Crippen molar-refractivity contribution in [2.75, 3.05) is 32.7 Å². The van der Waals surface area contributed by atoms with E-state index in [1.54, 1.807) is 6.20 Å². The van der Waals surface area contributed by atoms with E-state index in [0.29, 0.717) is 18.4 Å². The number of amides is 1. The summed E-state index contributed by atoms with van der Waals surface area (Å²) in [5.74, 6) is 1.27. The molecule has 1 aromatic heterocycles. The molecule has 2 heterocycles. The van der Waals surface area contributed by atoms with Crippen LogP contribution < -0.4 is 0 Å². The van der Waals surface area contributed by atoms with Crippen molar-refractivity contribution in [2.45, 2.75) is 38.8 Å². The van der Waals surface area contributed by atoms with Gasteiger partial charge in [-0.1, -0.05) is 0 Å². The molecule has 1 aliphatic heterocycles. The topological polar surface area (TPSA) is 98.9 Å². The summed E-state index contributed by atoms with van der Waals surface area (Å²) in [7, 11) is 0. The summed E-state index contributed by atoms with van der Waals surface area (Å²) < 4.78 is 1.89. The number of aliphatic hydroxyl groups excluding tert-OH is 1. The second-order valence-electron chi connectivity index (χ2n) is 6.98. The average Bonchev–Trinajstić information content (AvgIpc) is 3.25. The van der Waals surface area contributed by atoms with Crippen LogP contribution in [-0.2, 0) is 9.59 Å². The first-order valence-corrected chi connectivity index (χ1v) is 9.29. The van der Waals surface area contributed by atoms with Crippen molar-refractivity contribution in [3.05, 3.63) is 18.5 Å². The number of hydrogen-bond acceptors (Lipinski definition) is 5. The van der Waals surface area contributed by atoms with Gasteiger partial charge in [0.1, 0.15) is 0 Å². The highest BCUT2D eigenvalue weighted by molar-refractivity contribution is 5.78. The van der Waals surface area contributed by atoms with Crippen LogP contribution in [0.3, 0.4) is 0 Å². The van der Waals surface area contributed by atoms with E-state index in [9.17, 15) is 9.90 Å². The van der Waals surface area contributed by atoms with Crippen molar-refractivity contribution in [3.63, 3.8) is 0 Å². The van der Waals surface area contributed by atoms with Gasteiger partial charge in [-0.25, -0.2) is 0 Å². The highest BCUT2D eigenvalue weighted by atomic mass is 16.3. The molecule has 0 spiro atoms. The van der Waals surface area contributed by atoms with E-state index in [1.807, 2.05) is 35.7 Å². The van der Waals surface area contributed by atoms with Gasteiger partial charge in [-0.2, -0.15) is 5.10 Å². The zero-order chi connectivity index (χ0) is 19.1. The van der Waals surface area contributed by atoms with Gasteiger partial charge >= 0.3 is 0 Å². The lowest BCUT2D eigenvalue weighted by Crippen LogP contribution is -2.39. The van der Waals surface area contributed by atoms with Gasteiger partial charge in [0.2, 0.25) is 5.91 Å². The average molecular weight is 366 g/mol. The number of likely N-dealkylation sites (tertiary alicyclic amines) is 1. The Morgan fingerprint density at radius 1 is 1.27 bits per heavy atom. The molecule has 2 N–H and O–H groups in total. The van der Waals surface area contributed by atoms with E-state index in [-0.39, 0.29) is 24.5 Å². The normalized spacial score (nSPS) is 28.0. The van der Waals surface area contributed by atoms with Gasteiger partial charge in [-0.05, 0) is 44.6 Å². The monoisotopic (exact) mass is 366 g/mol. The highest BCUT2D eigenvalue weighted by Gasteiger charge is 2.42. The molecule has 0 radical (unpaired) electrons. The molecule has 0 aromatic carbocycles. The molecule has 1 aliphatic carbocycles. The first kappa shape index (κ1) is 20.4. The zero-order valence-electron chi connectivity index (χ0n) is 15.6. The fourth-order valence-electron chi connectivity index (χ4n) is 4.26. The second kappa shape index (κ2) is 9.68. The smallest absolute Gasteiger partial charge is 0.290 e. The summed E-state index contributed by atoms with van der Waals surface area (Å²) in [5, 5.41) is 21.7. The number of carboxylic acid groups (broad SMARTS) is 1. The Bertz CT molecular complexity index is 562. The second-order valence-corrected chi connectivity index (χ2v) is 6.98. The van der Waals surface area contributed by atoms with E-state index >= 15 is 0 Å². The summed E-state index contributed by atoms with van der Waals surface area (Å²) in [4.78, 5) is 24.8. The van der Waals surface area contributed by atoms with E-state index in [0.717, 1.165) is 39.0 Å². The Kier molecular flexibility index (Phi) is 7.59. The summed E-state index contributed by atoms with van der Waals surface area (Å²) in [5.41, 5.74) is 0. The Labute approximate surface area is 154 Å². The van der Waals surface area contributed by atoms with Crippen molar-refractivity contribution in [1.29, 1.82) is 0 Å². The number of likely N-dealkylation sites (N-methyl/N-ethyl adjacent to an activating group) is 1. The number of aromatic nitrogens is 2. The molecule has 26 heavy (non-hydrogen) atoms. The number of carbonyl (C=O) groups excluding carboxylic acids is 1. The predicted molar refractivity (Wildman–Crippen MR) is 96.5 cm³/mol. The number of fused-ring (bicyclic) bond motifs is 1. The third-order valence-corrected chi connectivity index (χ3v) is 5.52. The van der Waals surface area contributed by atoms with Crippen LogP contribution in [0.5, 0.6) is 0 Å². The van der Waals surface area contributed by atoms with Gasteiger partial charge in [-0.3, -0.25) is 19.2 Å². The first-order chi connectivity index (χ1) is 12.5. The lowest BCUT2D eigenvalue weighted by molar-refractivity contribution is -0.131. The minimum absolute atomic E-state index is 0.0738. The minimum atomic E-state index is -0.338. The van der Waals surface area contributed by atoms with E-state index in [4.69, 9.17) is 9.90 Å². The lowest BCUT2D eigenvalue weighted by atomic mass is 9.77. The van der Waals surface area contributed by atoms with Gasteiger partial charge in [0.25, 0.3) is 6.47 Å². The van der Waals surface area contributed by atoms with Crippen LogP contribution in [0.25, 0.3) is 0 Å². The molecule has 0 bridgehead atoms. The molecule has 1 aromatic rings. The Balaban J connectivity index is 0.000000758. The maximum atomic E-state index is 12.3. The molecule has 4 atom stereocenters. The summed E-state index contributed by atoms with van der Waals surface area (Å²) >= 11 is 0.